The van der Waals surface area contributed by atoms with Crippen LogP contribution in [0.3, 0.4) is 0 Å². The van der Waals surface area contributed by atoms with Crippen LogP contribution in [0, 0.1) is 5.41 Å². The van der Waals surface area contributed by atoms with Gasteiger partial charge in [-0.1, -0.05) is 6.07 Å². The smallest absolute Gasteiger partial charge is 0.410 e. The van der Waals surface area contributed by atoms with E-state index in [1.54, 1.807) is 17.0 Å². The van der Waals surface area contributed by atoms with Gasteiger partial charge in [0.25, 0.3) is 11.8 Å². The molecule has 4 aliphatic rings. The van der Waals surface area contributed by atoms with E-state index in [0.29, 0.717) is 37.4 Å². The zero-order valence-electron chi connectivity index (χ0n) is 20.3. The lowest BCUT2D eigenvalue weighted by atomic mass is 9.72. The molecule has 3 fully saturated rings. The van der Waals surface area contributed by atoms with Gasteiger partial charge in [0, 0.05) is 38.0 Å². The van der Waals surface area contributed by atoms with Gasteiger partial charge in [-0.3, -0.25) is 29.4 Å². The first-order valence-electron chi connectivity index (χ1n) is 12.1. The third-order valence-corrected chi connectivity index (χ3v) is 7.32. The Bertz CT molecular complexity index is 1120. The largest absolute Gasteiger partial charge is 0.444 e. The molecule has 0 bridgehead atoms. The van der Waals surface area contributed by atoms with Crippen LogP contribution < -0.4 is 10.2 Å². The predicted octanol–water partition coefficient (Wildman–Crippen LogP) is 1.93. The molecule has 0 aromatic heterocycles. The molecule has 0 saturated carbocycles. The summed E-state index contributed by atoms with van der Waals surface area (Å²) in [5, 5.41) is 2.23. The molecule has 1 spiro atoms. The summed E-state index contributed by atoms with van der Waals surface area (Å²) in [7, 11) is 0. The Balaban J connectivity index is 1.28. The van der Waals surface area contributed by atoms with Gasteiger partial charge in [-0.25, -0.2) is 4.79 Å². The fraction of sp³-hybridized carbons (Fsp3) is 0.560. The van der Waals surface area contributed by atoms with E-state index in [2.05, 4.69) is 10.2 Å². The number of fused-ring (bicyclic) bond motifs is 1. The molecule has 35 heavy (non-hydrogen) atoms. The Kier molecular flexibility index (Phi) is 5.37. The van der Waals surface area contributed by atoms with Gasteiger partial charge in [0.2, 0.25) is 11.8 Å². The molecule has 3 saturated heterocycles. The van der Waals surface area contributed by atoms with Crippen LogP contribution in [0.2, 0.25) is 0 Å². The summed E-state index contributed by atoms with van der Waals surface area (Å²) in [6, 6.07) is 4.22. The van der Waals surface area contributed by atoms with Gasteiger partial charge in [-0.2, -0.15) is 0 Å². The molecule has 1 N–H and O–H groups in total. The van der Waals surface area contributed by atoms with E-state index in [4.69, 9.17) is 4.74 Å². The van der Waals surface area contributed by atoms with E-state index in [1.807, 2.05) is 26.8 Å². The van der Waals surface area contributed by atoms with E-state index in [1.165, 1.54) is 0 Å². The molecule has 1 aromatic carbocycles. The molecule has 10 heteroatoms. The van der Waals surface area contributed by atoms with Crippen LogP contribution in [0.1, 0.15) is 67.2 Å². The monoisotopic (exact) mass is 482 g/mol. The third-order valence-electron chi connectivity index (χ3n) is 7.32. The number of amides is 5. The maximum Gasteiger partial charge on any atom is 0.410 e. The van der Waals surface area contributed by atoms with Crippen molar-refractivity contribution < 1.29 is 28.7 Å². The Hall–Kier alpha value is -3.43. The summed E-state index contributed by atoms with van der Waals surface area (Å²) in [5.41, 5.74) is 0.820. The molecular formula is C25H30N4O6. The number of piperidine rings is 2. The average molecular weight is 483 g/mol. The van der Waals surface area contributed by atoms with E-state index >= 15 is 0 Å². The van der Waals surface area contributed by atoms with Gasteiger partial charge in [0.1, 0.15) is 11.6 Å². The molecule has 0 aliphatic carbocycles. The molecule has 0 radical (unpaired) electrons. The highest BCUT2D eigenvalue weighted by atomic mass is 16.6. The van der Waals surface area contributed by atoms with E-state index in [0.717, 1.165) is 17.7 Å². The van der Waals surface area contributed by atoms with E-state index in [9.17, 15) is 24.0 Å². The van der Waals surface area contributed by atoms with Crippen molar-refractivity contribution in [2.45, 2.75) is 58.1 Å². The number of rotatable bonds is 2. The topological polar surface area (TPSA) is 116 Å². The molecule has 5 rings (SSSR count). The second kappa shape index (κ2) is 8.07. The van der Waals surface area contributed by atoms with Crippen molar-refractivity contribution in [1.82, 2.24) is 15.1 Å². The molecule has 5 amide bonds. The minimum atomic E-state index is -0.980. The van der Waals surface area contributed by atoms with Crippen molar-refractivity contribution in [3.63, 3.8) is 0 Å². The summed E-state index contributed by atoms with van der Waals surface area (Å²) in [5.74, 6) is -2.00. The molecule has 1 aromatic rings. The number of nitrogens with one attached hydrogen (secondary N) is 1. The fourth-order valence-corrected chi connectivity index (χ4v) is 5.52. The Morgan fingerprint density at radius 2 is 1.74 bits per heavy atom. The minimum Gasteiger partial charge on any atom is -0.444 e. The van der Waals surface area contributed by atoms with E-state index < -0.39 is 35.3 Å². The molecular weight excluding hydrogens is 452 g/mol. The Labute approximate surface area is 203 Å². The maximum atomic E-state index is 13.4. The van der Waals surface area contributed by atoms with Crippen molar-refractivity contribution >= 4 is 35.4 Å². The number of carbonyl (C=O) groups is 5. The minimum absolute atomic E-state index is 0.0456. The number of carbonyl (C=O) groups excluding carboxylic acids is 5. The lowest BCUT2D eigenvalue weighted by molar-refractivity contribution is -0.136. The van der Waals surface area contributed by atoms with Gasteiger partial charge in [-0.15, -0.1) is 0 Å². The summed E-state index contributed by atoms with van der Waals surface area (Å²) in [4.78, 5) is 67.5. The lowest BCUT2D eigenvalue weighted by Gasteiger charge is -2.54. The van der Waals surface area contributed by atoms with Crippen molar-refractivity contribution in [1.29, 1.82) is 0 Å². The molecule has 4 heterocycles. The van der Waals surface area contributed by atoms with Crippen LogP contribution >= 0.6 is 0 Å². The summed E-state index contributed by atoms with van der Waals surface area (Å²) in [6.45, 7) is 8.25. The quantitative estimate of drug-likeness (QED) is 0.640. The summed E-state index contributed by atoms with van der Waals surface area (Å²) < 4.78 is 5.47. The van der Waals surface area contributed by atoms with Crippen LogP contribution in [-0.4, -0.2) is 77.3 Å². The number of likely N-dealkylation sites (tertiary alicyclic amines) is 1. The summed E-state index contributed by atoms with van der Waals surface area (Å²) >= 11 is 0. The summed E-state index contributed by atoms with van der Waals surface area (Å²) in [6.07, 6.45) is 1.64. The number of hydrogen-bond acceptors (Lipinski definition) is 7. The highest BCUT2D eigenvalue weighted by Gasteiger charge is 2.49. The van der Waals surface area contributed by atoms with Crippen LogP contribution in [0.15, 0.2) is 18.2 Å². The van der Waals surface area contributed by atoms with Gasteiger partial charge in [0.05, 0.1) is 16.8 Å². The van der Waals surface area contributed by atoms with Gasteiger partial charge < -0.3 is 14.5 Å². The first-order valence-corrected chi connectivity index (χ1v) is 12.1. The number of benzene rings is 1. The lowest BCUT2D eigenvalue weighted by Crippen LogP contribution is -2.62. The Morgan fingerprint density at radius 3 is 2.37 bits per heavy atom. The number of hydrogen-bond donors (Lipinski definition) is 1. The van der Waals surface area contributed by atoms with Crippen molar-refractivity contribution in [2.75, 3.05) is 31.1 Å². The maximum absolute atomic E-state index is 13.4. The molecule has 4 aliphatic heterocycles. The average Bonchev–Trinajstić information content (AvgIpc) is 3.01. The van der Waals surface area contributed by atoms with Crippen LogP contribution in [-0.2, 0) is 14.3 Å². The van der Waals surface area contributed by atoms with Crippen LogP contribution in [0.25, 0.3) is 0 Å². The molecule has 1 unspecified atom stereocenters. The molecule has 186 valence electrons. The number of anilines is 1. The number of nitrogens with zero attached hydrogens (tertiary/aromatic N) is 3. The van der Waals surface area contributed by atoms with Crippen LogP contribution in [0.4, 0.5) is 10.5 Å². The predicted molar refractivity (Wildman–Crippen MR) is 125 cm³/mol. The van der Waals surface area contributed by atoms with E-state index in [-0.39, 0.29) is 29.9 Å². The van der Waals surface area contributed by atoms with Crippen molar-refractivity contribution in [3.05, 3.63) is 29.3 Å². The second-order valence-corrected chi connectivity index (χ2v) is 11.0. The van der Waals surface area contributed by atoms with Crippen molar-refractivity contribution in [2.24, 2.45) is 5.41 Å². The molecule has 10 nitrogen and oxygen atoms in total. The zero-order chi connectivity index (χ0) is 25.1. The van der Waals surface area contributed by atoms with Gasteiger partial charge in [-0.05, 0) is 52.2 Å². The third kappa shape index (κ3) is 4.04. The van der Waals surface area contributed by atoms with Crippen LogP contribution in [0.5, 0.6) is 0 Å². The number of imide groups is 2. The SMILES string of the molecule is CC(C)(C)OC(=O)N1CC2(CCN(c3cccc4c3C(=O)N(C3CCC(=O)NC3=O)C4=O)CC2)C1. The normalized spacial score (nSPS) is 23.9. The zero-order valence-corrected chi connectivity index (χ0v) is 20.3. The fourth-order valence-electron chi connectivity index (χ4n) is 5.52. The number of ether oxygens (including phenoxy) is 1. The highest BCUT2D eigenvalue weighted by Crippen LogP contribution is 2.43. The first kappa shape index (κ1) is 23.3. The van der Waals surface area contributed by atoms with Crippen molar-refractivity contribution in [3.8, 4) is 0 Å². The van der Waals surface area contributed by atoms with Gasteiger partial charge >= 0.3 is 6.09 Å². The second-order valence-electron chi connectivity index (χ2n) is 11.0. The highest BCUT2D eigenvalue weighted by molar-refractivity contribution is 6.25. The molecule has 1 atom stereocenters. The standard InChI is InChI=1S/C25H30N4O6/c1-24(2,3)35-23(34)28-13-25(14-28)9-11-27(12-10-25)16-6-4-5-15-19(16)22(33)29(21(15)32)17-7-8-18(30)26-20(17)31/h4-6,17H,7-14H2,1-3H3,(H,26,30,31). The Morgan fingerprint density at radius 1 is 1.06 bits per heavy atom. The first-order chi connectivity index (χ1) is 16.5. The van der Waals surface area contributed by atoms with Gasteiger partial charge in [0.15, 0.2) is 0 Å².